The number of allylic oxidation sites excluding steroid dienone is 1. The summed E-state index contributed by atoms with van der Waals surface area (Å²) in [6.07, 6.45) is 4.78. The zero-order valence-corrected chi connectivity index (χ0v) is 7.45. The molecular weight excluding hydrogens is 150 g/mol. The second-order valence-corrected chi connectivity index (χ2v) is 2.82. The molecule has 1 fully saturated rings. The predicted molar refractivity (Wildman–Crippen MR) is 52.8 cm³/mol. The van der Waals surface area contributed by atoms with Crippen molar-refractivity contribution in [2.45, 2.75) is 13.3 Å². The molecule has 1 heterocycles. The molecular formula is C9H15N3. The first-order chi connectivity index (χ1) is 5.88. The SMILES string of the molecule is C=N/C(=N\C=C/C)C1CCNC1. The number of aliphatic imine (C=N–C) groups is 2. The molecule has 0 amide bonds. The zero-order valence-electron chi connectivity index (χ0n) is 7.45. The smallest absolute Gasteiger partial charge is 0.131 e. The van der Waals surface area contributed by atoms with E-state index in [-0.39, 0.29) is 0 Å². The van der Waals surface area contributed by atoms with E-state index in [4.69, 9.17) is 0 Å². The van der Waals surface area contributed by atoms with Gasteiger partial charge in [0.15, 0.2) is 0 Å². The molecule has 66 valence electrons. The normalized spacial score (nSPS) is 25.1. The summed E-state index contributed by atoms with van der Waals surface area (Å²) in [7, 11) is 0. The molecule has 1 saturated heterocycles. The van der Waals surface area contributed by atoms with Gasteiger partial charge in [0.25, 0.3) is 0 Å². The molecule has 1 aliphatic heterocycles. The van der Waals surface area contributed by atoms with Gasteiger partial charge in [-0.05, 0) is 26.6 Å². The Labute approximate surface area is 73.3 Å². The zero-order chi connectivity index (χ0) is 8.81. The minimum absolute atomic E-state index is 0.457. The molecule has 0 aromatic carbocycles. The van der Waals surface area contributed by atoms with Crippen LogP contribution in [0.15, 0.2) is 22.3 Å². The Bertz CT molecular complexity index is 200. The Morgan fingerprint density at radius 3 is 3.00 bits per heavy atom. The van der Waals surface area contributed by atoms with Crippen molar-refractivity contribution in [1.82, 2.24) is 5.32 Å². The van der Waals surface area contributed by atoms with Crippen LogP contribution in [0.25, 0.3) is 0 Å². The van der Waals surface area contributed by atoms with Crippen LogP contribution in [-0.4, -0.2) is 25.6 Å². The van der Waals surface area contributed by atoms with Gasteiger partial charge in [0, 0.05) is 18.7 Å². The van der Waals surface area contributed by atoms with E-state index in [0.29, 0.717) is 5.92 Å². The van der Waals surface area contributed by atoms with Crippen molar-refractivity contribution in [3.05, 3.63) is 12.3 Å². The molecule has 0 saturated carbocycles. The molecule has 12 heavy (non-hydrogen) atoms. The van der Waals surface area contributed by atoms with Crippen molar-refractivity contribution in [2.75, 3.05) is 13.1 Å². The molecule has 1 rings (SSSR count). The van der Waals surface area contributed by atoms with Gasteiger partial charge in [-0.2, -0.15) is 0 Å². The average molecular weight is 165 g/mol. The largest absolute Gasteiger partial charge is 0.316 e. The van der Waals surface area contributed by atoms with Gasteiger partial charge in [0.05, 0.1) is 0 Å². The van der Waals surface area contributed by atoms with Crippen LogP contribution in [0.5, 0.6) is 0 Å². The number of hydrogen-bond donors (Lipinski definition) is 1. The summed E-state index contributed by atoms with van der Waals surface area (Å²) in [5.41, 5.74) is 0. The van der Waals surface area contributed by atoms with Gasteiger partial charge in [-0.3, -0.25) is 0 Å². The number of hydrogen-bond acceptors (Lipinski definition) is 2. The molecule has 3 heteroatoms. The highest BCUT2D eigenvalue weighted by molar-refractivity contribution is 5.89. The fourth-order valence-electron chi connectivity index (χ4n) is 1.30. The first kappa shape index (κ1) is 9.13. The van der Waals surface area contributed by atoms with E-state index in [2.05, 4.69) is 22.0 Å². The predicted octanol–water partition coefficient (Wildman–Crippen LogP) is 1.23. The third-order valence-electron chi connectivity index (χ3n) is 1.94. The molecule has 1 N–H and O–H groups in total. The average Bonchev–Trinajstić information content (AvgIpc) is 2.59. The Morgan fingerprint density at radius 1 is 1.67 bits per heavy atom. The van der Waals surface area contributed by atoms with Crippen molar-refractivity contribution in [2.24, 2.45) is 15.9 Å². The molecule has 1 atom stereocenters. The lowest BCUT2D eigenvalue weighted by Gasteiger charge is -2.04. The number of nitrogens with zero attached hydrogens (tertiary/aromatic N) is 2. The third-order valence-corrected chi connectivity index (χ3v) is 1.94. The summed E-state index contributed by atoms with van der Waals surface area (Å²) in [6.45, 7) is 7.50. The molecule has 0 aromatic heterocycles. The highest BCUT2D eigenvalue weighted by Crippen LogP contribution is 2.10. The maximum atomic E-state index is 4.21. The monoisotopic (exact) mass is 165 g/mol. The van der Waals surface area contributed by atoms with Crippen LogP contribution in [0.3, 0.4) is 0 Å². The topological polar surface area (TPSA) is 36.8 Å². The van der Waals surface area contributed by atoms with Gasteiger partial charge < -0.3 is 5.32 Å². The fraction of sp³-hybridized carbons (Fsp3) is 0.556. The third kappa shape index (κ3) is 2.27. The van der Waals surface area contributed by atoms with E-state index in [1.54, 1.807) is 6.20 Å². The summed E-state index contributed by atoms with van der Waals surface area (Å²) < 4.78 is 0. The van der Waals surface area contributed by atoms with Crippen molar-refractivity contribution < 1.29 is 0 Å². The molecule has 3 nitrogen and oxygen atoms in total. The summed E-state index contributed by atoms with van der Waals surface area (Å²) in [6, 6.07) is 0. The van der Waals surface area contributed by atoms with Crippen LogP contribution in [0, 0.1) is 5.92 Å². The van der Waals surface area contributed by atoms with Gasteiger partial charge >= 0.3 is 0 Å². The van der Waals surface area contributed by atoms with E-state index >= 15 is 0 Å². The van der Waals surface area contributed by atoms with E-state index in [0.717, 1.165) is 25.3 Å². The van der Waals surface area contributed by atoms with Gasteiger partial charge in [0.1, 0.15) is 5.84 Å². The Hall–Kier alpha value is -0.960. The standard InChI is InChI=1S/C9H15N3/c1-3-5-12-9(10-2)8-4-6-11-7-8/h3,5,8,11H,2,4,6-7H2,1H3/b5-3-,12-9-. The quantitative estimate of drug-likeness (QED) is 0.485. The molecule has 0 aromatic rings. The molecule has 1 unspecified atom stereocenters. The van der Waals surface area contributed by atoms with Crippen LogP contribution < -0.4 is 5.32 Å². The summed E-state index contributed by atoms with van der Waals surface area (Å²) in [4.78, 5) is 8.13. The highest BCUT2D eigenvalue weighted by Gasteiger charge is 2.18. The first-order valence-electron chi connectivity index (χ1n) is 4.24. The summed E-state index contributed by atoms with van der Waals surface area (Å²) in [5, 5.41) is 3.27. The lowest BCUT2D eigenvalue weighted by molar-refractivity contribution is 0.764. The van der Waals surface area contributed by atoms with Crippen LogP contribution >= 0.6 is 0 Å². The maximum Gasteiger partial charge on any atom is 0.131 e. The molecule has 0 radical (unpaired) electrons. The second kappa shape index (κ2) is 4.83. The van der Waals surface area contributed by atoms with Crippen molar-refractivity contribution in [1.29, 1.82) is 0 Å². The Balaban J connectivity index is 2.59. The van der Waals surface area contributed by atoms with Crippen LogP contribution in [-0.2, 0) is 0 Å². The van der Waals surface area contributed by atoms with E-state index in [1.165, 1.54) is 0 Å². The van der Waals surface area contributed by atoms with Crippen molar-refractivity contribution >= 4 is 12.6 Å². The van der Waals surface area contributed by atoms with Crippen LogP contribution in [0.1, 0.15) is 13.3 Å². The Kier molecular flexibility index (Phi) is 3.67. The van der Waals surface area contributed by atoms with E-state index in [1.807, 2.05) is 13.0 Å². The van der Waals surface area contributed by atoms with Gasteiger partial charge in [0.2, 0.25) is 0 Å². The maximum absolute atomic E-state index is 4.21. The minimum atomic E-state index is 0.457. The van der Waals surface area contributed by atoms with Gasteiger partial charge in [-0.25, -0.2) is 9.98 Å². The van der Waals surface area contributed by atoms with Crippen molar-refractivity contribution in [3.8, 4) is 0 Å². The summed E-state index contributed by atoms with van der Waals surface area (Å²) in [5.74, 6) is 1.32. The molecule has 0 bridgehead atoms. The van der Waals surface area contributed by atoms with Gasteiger partial charge in [-0.1, -0.05) is 6.08 Å². The van der Waals surface area contributed by atoms with Crippen LogP contribution in [0.4, 0.5) is 0 Å². The molecule has 0 aliphatic carbocycles. The van der Waals surface area contributed by atoms with E-state index in [9.17, 15) is 0 Å². The lowest BCUT2D eigenvalue weighted by atomic mass is 10.1. The first-order valence-corrected chi connectivity index (χ1v) is 4.24. The molecule has 0 spiro atoms. The number of amidine groups is 1. The summed E-state index contributed by atoms with van der Waals surface area (Å²) >= 11 is 0. The van der Waals surface area contributed by atoms with E-state index < -0.39 is 0 Å². The highest BCUT2D eigenvalue weighted by atomic mass is 15.0. The van der Waals surface area contributed by atoms with Crippen LogP contribution in [0.2, 0.25) is 0 Å². The minimum Gasteiger partial charge on any atom is -0.316 e. The Morgan fingerprint density at radius 2 is 2.50 bits per heavy atom. The second-order valence-electron chi connectivity index (χ2n) is 2.82. The number of rotatable bonds is 2. The number of nitrogens with one attached hydrogen (secondary N) is 1. The molecule has 1 aliphatic rings. The fourth-order valence-corrected chi connectivity index (χ4v) is 1.30. The van der Waals surface area contributed by atoms with Crippen molar-refractivity contribution in [3.63, 3.8) is 0 Å². The lowest BCUT2D eigenvalue weighted by Crippen LogP contribution is -2.15. The van der Waals surface area contributed by atoms with Gasteiger partial charge in [-0.15, -0.1) is 0 Å².